The number of carbonyl (C=O) groups is 2. The van der Waals surface area contributed by atoms with Gasteiger partial charge in [-0.2, -0.15) is 0 Å². The minimum Gasteiger partial charge on any atom is -0.352 e. The lowest BCUT2D eigenvalue weighted by Crippen LogP contribution is -2.47. The van der Waals surface area contributed by atoms with Crippen molar-refractivity contribution < 1.29 is 9.59 Å². The Hall–Kier alpha value is -1.10. The van der Waals surface area contributed by atoms with Gasteiger partial charge in [-0.05, 0) is 33.6 Å². The highest BCUT2D eigenvalue weighted by molar-refractivity contribution is 5.81. The molecular weight excluding hydrogens is 266 g/mol. The van der Waals surface area contributed by atoms with Gasteiger partial charge >= 0.3 is 0 Å². The van der Waals surface area contributed by atoms with Crippen LogP contribution in [0.1, 0.15) is 59.3 Å². The van der Waals surface area contributed by atoms with E-state index in [9.17, 15) is 9.59 Å². The van der Waals surface area contributed by atoms with E-state index in [1.807, 2.05) is 25.7 Å². The minimum atomic E-state index is -0.239. The van der Waals surface area contributed by atoms with E-state index < -0.39 is 0 Å². The molecule has 122 valence electrons. The smallest absolute Gasteiger partial charge is 0.237 e. The van der Waals surface area contributed by atoms with Crippen LogP contribution in [0.25, 0.3) is 0 Å². The Kier molecular flexibility index (Phi) is 8.35. The van der Waals surface area contributed by atoms with Gasteiger partial charge in [0.1, 0.15) is 0 Å². The number of hydrogen-bond acceptors (Lipinski definition) is 3. The number of carbonyl (C=O) groups excluding carboxylic acids is 2. The molecule has 1 atom stereocenters. The van der Waals surface area contributed by atoms with E-state index >= 15 is 0 Å². The molecule has 0 aromatic heterocycles. The maximum absolute atomic E-state index is 12.1. The second-order valence-electron chi connectivity index (χ2n) is 5.84. The molecule has 2 amide bonds. The van der Waals surface area contributed by atoms with Crippen molar-refractivity contribution in [2.45, 2.75) is 71.4 Å². The largest absolute Gasteiger partial charge is 0.352 e. The number of nitrogens with one attached hydrogen (secondary N) is 2. The summed E-state index contributed by atoms with van der Waals surface area (Å²) in [7, 11) is 0. The zero-order chi connectivity index (χ0) is 15.7. The number of hydrogen-bond donors (Lipinski definition) is 2. The Labute approximate surface area is 128 Å². The first-order chi connectivity index (χ1) is 10.1. The lowest BCUT2D eigenvalue weighted by Gasteiger charge is -2.25. The Balaban J connectivity index is 2.21. The molecule has 0 saturated heterocycles. The molecule has 1 fully saturated rings. The molecule has 1 saturated carbocycles. The standard InChI is InChI=1S/C16H31N3O2/c1-4-19(5-2)15(20)11-12-17-13(3)16(21)18-14-9-7-6-8-10-14/h13-14,17H,4-12H2,1-3H3,(H,18,21). The molecule has 1 rings (SSSR count). The molecule has 1 aliphatic carbocycles. The predicted octanol–water partition coefficient (Wildman–Crippen LogP) is 1.67. The van der Waals surface area contributed by atoms with Crippen molar-refractivity contribution in [1.29, 1.82) is 0 Å². The fourth-order valence-corrected chi connectivity index (χ4v) is 2.80. The highest BCUT2D eigenvalue weighted by atomic mass is 16.2. The quantitative estimate of drug-likeness (QED) is 0.716. The summed E-state index contributed by atoms with van der Waals surface area (Å²) in [6, 6.07) is 0.101. The normalized spacial score (nSPS) is 17.3. The summed E-state index contributed by atoms with van der Waals surface area (Å²) >= 11 is 0. The summed E-state index contributed by atoms with van der Waals surface area (Å²) in [5.74, 6) is 0.199. The number of amides is 2. The monoisotopic (exact) mass is 297 g/mol. The summed E-state index contributed by atoms with van der Waals surface area (Å²) in [6.07, 6.45) is 6.35. The van der Waals surface area contributed by atoms with Crippen molar-refractivity contribution in [3.8, 4) is 0 Å². The molecule has 0 bridgehead atoms. The van der Waals surface area contributed by atoms with E-state index in [0.717, 1.165) is 25.9 Å². The summed E-state index contributed by atoms with van der Waals surface area (Å²) in [5, 5.41) is 6.25. The molecule has 0 radical (unpaired) electrons. The van der Waals surface area contributed by atoms with Crippen LogP contribution in [0.2, 0.25) is 0 Å². The summed E-state index contributed by atoms with van der Waals surface area (Å²) < 4.78 is 0. The average molecular weight is 297 g/mol. The third kappa shape index (κ3) is 6.46. The SMILES string of the molecule is CCN(CC)C(=O)CCNC(C)C(=O)NC1CCCCC1. The van der Waals surface area contributed by atoms with Crippen molar-refractivity contribution in [2.24, 2.45) is 0 Å². The van der Waals surface area contributed by atoms with Gasteiger partial charge in [-0.1, -0.05) is 19.3 Å². The first-order valence-corrected chi connectivity index (χ1v) is 8.40. The number of rotatable bonds is 8. The molecule has 0 aliphatic heterocycles. The van der Waals surface area contributed by atoms with Gasteiger partial charge in [-0.25, -0.2) is 0 Å². The molecule has 2 N–H and O–H groups in total. The molecule has 5 nitrogen and oxygen atoms in total. The zero-order valence-corrected chi connectivity index (χ0v) is 13.8. The maximum Gasteiger partial charge on any atom is 0.237 e. The van der Waals surface area contributed by atoms with Gasteiger partial charge in [-0.15, -0.1) is 0 Å². The van der Waals surface area contributed by atoms with Gasteiger partial charge in [0.2, 0.25) is 11.8 Å². The third-order valence-corrected chi connectivity index (χ3v) is 4.25. The van der Waals surface area contributed by atoms with Gasteiger partial charge in [0, 0.05) is 32.1 Å². The first kappa shape index (κ1) is 18.0. The van der Waals surface area contributed by atoms with Crippen molar-refractivity contribution in [3.63, 3.8) is 0 Å². The van der Waals surface area contributed by atoms with Crippen LogP contribution in [0.3, 0.4) is 0 Å². The van der Waals surface area contributed by atoms with Crippen LogP contribution >= 0.6 is 0 Å². The van der Waals surface area contributed by atoms with E-state index in [4.69, 9.17) is 0 Å². The Morgan fingerprint density at radius 1 is 1.14 bits per heavy atom. The molecule has 1 aliphatic rings. The third-order valence-electron chi connectivity index (χ3n) is 4.25. The minimum absolute atomic E-state index is 0.0530. The Morgan fingerprint density at radius 2 is 1.76 bits per heavy atom. The Bertz CT molecular complexity index is 323. The molecule has 1 unspecified atom stereocenters. The molecule has 21 heavy (non-hydrogen) atoms. The Morgan fingerprint density at radius 3 is 2.33 bits per heavy atom. The fraction of sp³-hybridized carbons (Fsp3) is 0.875. The maximum atomic E-state index is 12.1. The second kappa shape index (κ2) is 9.77. The van der Waals surface area contributed by atoms with Crippen LogP contribution < -0.4 is 10.6 Å². The second-order valence-corrected chi connectivity index (χ2v) is 5.84. The predicted molar refractivity (Wildman–Crippen MR) is 85.0 cm³/mol. The molecule has 0 aromatic carbocycles. The van der Waals surface area contributed by atoms with Crippen LogP contribution in [0.4, 0.5) is 0 Å². The first-order valence-electron chi connectivity index (χ1n) is 8.40. The topological polar surface area (TPSA) is 61.4 Å². The van der Waals surface area contributed by atoms with Crippen LogP contribution in [0, 0.1) is 0 Å². The fourth-order valence-electron chi connectivity index (χ4n) is 2.80. The lowest BCUT2D eigenvalue weighted by molar-refractivity contribution is -0.131. The number of nitrogens with zero attached hydrogens (tertiary/aromatic N) is 1. The van der Waals surface area contributed by atoms with Gasteiger partial charge in [-0.3, -0.25) is 9.59 Å². The van der Waals surface area contributed by atoms with Gasteiger partial charge < -0.3 is 15.5 Å². The summed E-state index contributed by atoms with van der Waals surface area (Å²) in [4.78, 5) is 25.7. The van der Waals surface area contributed by atoms with E-state index in [1.54, 1.807) is 0 Å². The highest BCUT2D eigenvalue weighted by Crippen LogP contribution is 2.17. The van der Waals surface area contributed by atoms with E-state index in [1.165, 1.54) is 19.3 Å². The lowest BCUT2D eigenvalue weighted by atomic mass is 9.95. The molecule has 0 heterocycles. The van der Waals surface area contributed by atoms with Gasteiger partial charge in [0.15, 0.2) is 0 Å². The van der Waals surface area contributed by atoms with Crippen molar-refractivity contribution in [2.75, 3.05) is 19.6 Å². The van der Waals surface area contributed by atoms with Gasteiger partial charge in [0.05, 0.1) is 6.04 Å². The van der Waals surface area contributed by atoms with Crippen molar-refractivity contribution in [1.82, 2.24) is 15.5 Å². The molecule has 0 spiro atoms. The summed E-state index contributed by atoms with van der Waals surface area (Å²) in [6.45, 7) is 7.86. The van der Waals surface area contributed by atoms with Crippen LogP contribution in [-0.2, 0) is 9.59 Å². The van der Waals surface area contributed by atoms with Crippen LogP contribution in [0.5, 0.6) is 0 Å². The van der Waals surface area contributed by atoms with E-state index in [-0.39, 0.29) is 17.9 Å². The average Bonchev–Trinajstić information content (AvgIpc) is 2.49. The van der Waals surface area contributed by atoms with Crippen molar-refractivity contribution >= 4 is 11.8 Å². The van der Waals surface area contributed by atoms with Crippen molar-refractivity contribution in [3.05, 3.63) is 0 Å². The van der Waals surface area contributed by atoms with E-state index in [0.29, 0.717) is 19.0 Å². The van der Waals surface area contributed by atoms with Gasteiger partial charge in [0.25, 0.3) is 0 Å². The zero-order valence-electron chi connectivity index (χ0n) is 13.8. The molecule has 0 aromatic rings. The van der Waals surface area contributed by atoms with E-state index in [2.05, 4.69) is 10.6 Å². The summed E-state index contributed by atoms with van der Waals surface area (Å²) in [5.41, 5.74) is 0. The highest BCUT2D eigenvalue weighted by Gasteiger charge is 2.19. The molecule has 5 heteroatoms. The van der Waals surface area contributed by atoms with Crippen LogP contribution in [-0.4, -0.2) is 48.4 Å². The van der Waals surface area contributed by atoms with Crippen LogP contribution in [0.15, 0.2) is 0 Å². The molecular formula is C16H31N3O2.